The molecule has 0 unspecified atom stereocenters. The van der Waals surface area contributed by atoms with Crippen LogP contribution in [0.1, 0.15) is 6.92 Å². The van der Waals surface area contributed by atoms with Crippen molar-refractivity contribution in [3.8, 4) is 22.3 Å². The zero-order valence-corrected chi connectivity index (χ0v) is 20.4. The summed E-state index contributed by atoms with van der Waals surface area (Å²) >= 11 is 1.51. The number of hydrogen-bond acceptors (Lipinski definition) is 0. The molecule has 0 aliphatic rings. The summed E-state index contributed by atoms with van der Waals surface area (Å²) in [6.45, 7) is 2.04. The Labute approximate surface area is 202 Å². The van der Waals surface area contributed by atoms with Crippen LogP contribution < -0.4 is 24.8 Å². The first kappa shape index (κ1) is 27.2. The van der Waals surface area contributed by atoms with E-state index in [4.69, 9.17) is 0 Å². The molecule has 4 rings (SSSR count). The molecule has 0 atom stereocenters. The average Bonchev–Trinajstić information content (AvgIpc) is 2.77. The van der Waals surface area contributed by atoms with E-state index in [1.165, 1.54) is 46.5 Å². The molecule has 4 aromatic rings. The zero-order valence-electron chi connectivity index (χ0n) is 16.4. The summed E-state index contributed by atoms with van der Waals surface area (Å²) in [4.78, 5) is 0. The van der Waals surface area contributed by atoms with Crippen LogP contribution in [0.25, 0.3) is 22.3 Å². The molecule has 0 bridgehead atoms. The van der Waals surface area contributed by atoms with Gasteiger partial charge in [-0.1, -0.05) is 121 Å². The van der Waals surface area contributed by atoms with Crippen molar-refractivity contribution in [2.45, 2.75) is 6.92 Å². The van der Waals surface area contributed by atoms with E-state index in [1.54, 1.807) is 0 Å². The second-order valence-electron chi connectivity index (χ2n) is 5.75. The summed E-state index contributed by atoms with van der Waals surface area (Å²) in [6, 6.07) is 41.6. The molecule has 29 heavy (non-hydrogen) atoms. The van der Waals surface area contributed by atoms with Gasteiger partial charge in [0.1, 0.15) is 0 Å². The van der Waals surface area contributed by atoms with Gasteiger partial charge in [0.25, 0.3) is 0 Å². The van der Waals surface area contributed by atoms with Crippen LogP contribution in [0.3, 0.4) is 0 Å². The third-order valence-electron chi connectivity index (χ3n) is 3.76. The Morgan fingerprint density at radius 3 is 0.690 bits per heavy atom. The van der Waals surface area contributed by atoms with Gasteiger partial charge < -0.3 is 24.8 Å². The van der Waals surface area contributed by atoms with E-state index in [0.717, 1.165) is 0 Å². The third kappa shape index (κ3) is 10.5. The van der Waals surface area contributed by atoms with Gasteiger partial charge in [-0.3, -0.25) is 0 Å². The van der Waals surface area contributed by atoms with E-state index in [9.17, 15) is 0 Å². The number of hydrogen-bond donors (Lipinski definition) is 0. The monoisotopic (exact) mass is 496 g/mol. The summed E-state index contributed by atoms with van der Waals surface area (Å²) < 4.78 is 2.09. The molecule has 0 spiro atoms. The molecule has 0 aliphatic carbocycles. The fourth-order valence-electron chi connectivity index (χ4n) is 2.52. The third-order valence-corrected chi connectivity index (χ3v) is 3.76. The van der Waals surface area contributed by atoms with Crippen molar-refractivity contribution in [2.75, 3.05) is 0 Å². The molecule has 0 aliphatic heterocycles. The molecule has 0 saturated carbocycles. The van der Waals surface area contributed by atoms with Gasteiger partial charge in [-0.15, -0.1) is 0 Å². The Balaban J connectivity index is 0.000000450. The molecule has 3 heteroatoms. The number of halogens is 2. The molecule has 0 fully saturated rings. The molecule has 0 aromatic heterocycles. The molecule has 0 amide bonds. The Morgan fingerprint density at radius 1 is 0.414 bits per heavy atom. The van der Waals surface area contributed by atoms with Gasteiger partial charge in [0.05, 0.1) is 0 Å². The average molecular weight is 499 g/mol. The van der Waals surface area contributed by atoms with E-state index < -0.39 is 0 Å². The van der Waals surface area contributed by atoms with E-state index in [2.05, 4.69) is 101 Å². The molecule has 0 N–H and O–H groups in total. The van der Waals surface area contributed by atoms with Gasteiger partial charge in [-0.25, -0.2) is 0 Å². The van der Waals surface area contributed by atoms with Crippen molar-refractivity contribution in [3.05, 3.63) is 121 Å². The van der Waals surface area contributed by atoms with Crippen molar-refractivity contribution < 1.29 is 49.0 Å². The topological polar surface area (TPSA) is 0 Å². The van der Waals surface area contributed by atoms with Gasteiger partial charge in [0, 0.05) is 0 Å². The number of rotatable bonds is 2. The van der Waals surface area contributed by atoms with Crippen LogP contribution in [0.5, 0.6) is 0 Å². The van der Waals surface area contributed by atoms with Crippen LogP contribution in [0.2, 0.25) is 0 Å². The fourth-order valence-corrected chi connectivity index (χ4v) is 2.52. The van der Waals surface area contributed by atoms with Crippen LogP contribution in [0.15, 0.2) is 121 Å². The van der Waals surface area contributed by atoms with Gasteiger partial charge in [0.2, 0.25) is 0 Å². The molecule has 0 saturated heterocycles. The summed E-state index contributed by atoms with van der Waals surface area (Å²) in [6.07, 6.45) is 0. The van der Waals surface area contributed by atoms with Crippen molar-refractivity contribution >= 4 is 3.71 Å². The Hall–Kier alpha value is -1.79. The van der Waals surface area contributed by atoms with Gasteiger partial charge >= 0.3 is 34.9 Å². The maximum absolute atomic E-state index is 2.12. The van der Waals surface area contributed by atoms with Gasteiger partial charge in [-0.2, -0.15) is 0 Å². The normalized spacial score (nSPS) is 8.52. The van der Waals surface area contributed by atoms with Crippen LogP contribution in [-0.2, 0) is 24.2 Å². The Kier molecular flexibility index (Phi) is 16.1. The Morgan fingerprint density at radius 2 is 0.552 bits per heavy atom. The second kappa shape index (κ2) is 17.1. The summed E-state index contributed by atoms with van der Waals surface area (Å²) in [5.41, 5.74) is 5.10. The van der Waals surface area contributed by atoms with E-state index in [1.807, 2.05) is 31.2 Å². The van der Waals surface area contributed by atoms with Crippen LogP contribution in [0, 0.1) is 0 Å². The Bertz CT molecular complexity index is 731. The van der Waals surface area contributed by atoms with E-state index in [0.29, 0.717) is 0 Å². The second-order valence-corrected chi connectivity index (χ2v) is 7.17. The molecule has 146 valence electrons. The molecular weight excluding hydrogens is 474 g/mol. The van der Waals surface area contributed by atoms with Crippen LogP contribution in [-0.4, -0.2) is 3.71 Å². The molecular formula is C26H24Cl2Zr. The van der Waals surface area contributed by atoms with Crippen molar-refractivity contribution in [1.29, 1.82) is 0 Å². The number of benzene rings is 4. The summed E-state index contributed by atoms with van der Waals surface area (Å²) in [7, 11) is 0. The minimum absolute atomic E-state index is 0. The van der Waals surface area contributed by atoms with Gasteiger partial charge in [0.15, 0.2) is 0 Å². The predicted octanol–water partition coefficient (Wildman–Crippen LogP) is 1.07. The largest absolute Gasteiger partial charge is 1.00 e. The molecule has 0 nitrogen and oxygen atoms in total. The first-order chi connectivity index (χ1) is 13.3. The van der Waals surface area contributed by atoms with E-state index in [-0.39, 0.29) is 24.8 Å². The zero-order chi connectivity index (χ0) is 19.2. The minimum atomic E-state index is 0. The summed E-state index contributed by atoms with van der Waals surface area (Å²) in [5.74, 6) is 0. The van der Waals surface area contributed by atoms with Crippen molar-refractivity contribution in [1.82, 2.24) is 0 Å². The summed E-state index contributed by atoms with van der Waals surface area (Å²) in [5, 5.41) is 0. The van der Waals surface area contributed by atoms with E-state index >= 15 is 0 Å². The first-order valence-corrected chi connectivity index (χ1v) is 10.4. The van der Waals surface area contributed by atoms with Crippen LogP contribution >= 0.6 is 0 Å². The maximum atomic E-state index is 2.12. The van der Waals surface area contributed by atoms with Crippen LogP contribution in [0.4, 0.5) is 0 Å². The SMILES string of the molecule is C[CH]=[Zr+2].[Cl-].[Cl-].c1ccc(-c2ccccc2)cc1.c1ccc(-c2ccccc2)cc1. The maximum Gasteiger partial charge on any atom is -0.0184 e. The molecule has 4 aromatic carbocycles. The van der Waals surface area contributed by atoms with Gasteiger partial charge in [-0.05, 0) is 22.3 Å². The fraction of sp³-hybridized carbons (Fsp3) is 0.0385. The quantitative estimate of drug-likeness (QED) is 0.388. The van der Waals surface area contributed by atoms with Crippen molar-refractivity contribution in [2.24, 2.45) is 0 Å². The predicted molar refractivity (Wildman–Crippen MR) is 115 cm³/mol. The smallest absolute Gasteiger partial charge is 0.0184 e. The first-order valence-electron chi connectivity index (χ1n) is 9.01. The standard InChI is InChI=1S/2C12H10.C2H4.2ClH.Zr/c2*1-3-7-11(8-4-1)12-9-5-2-6-10-12;1-2;;;/h2*1-10H;1H,2H3;2*1H;/q;;;;;+2/p-2. The molecule has 0 radical (unpaired) electrons. The van der Waals surface area contributed by atoms with Crippen molar-refractivity contribution in [3.63, 3.8) is 0 Å². The molecule has 0 heterocycles. The minimum Gasteiger partial charge on any atom is -1.00 e.